The van der Waals surface area contributed by atoms with Crippen molar-refractivity contribution in [1.29, 1.82) is 5.26 Å². The van der Waals surface area contributed by atoms with Crippen molar-refractivity contribution in [2.24, 2.45) is 0 Å². The molecule has 0 spiro atoms. The number of carbonyl (C=O) groups excluding carboxylic acids is 1. The number of nitro benzene ring substituents is 1. The van der Waals surface area contributed by atoms with Crippen molar-refractivity contribution in [3.8, 4) is 6.07 Å². The van der Waals surface area contributed by atoms with E-state index in [0.29, 0.717) is 0 Å². The second kappa shape index (κ2) is 8.37. The molecule has 0 unspecified atom stereocenters. The molecule has 1 N–H and O–H groups in total. The van der Waals surface area contributed by atoms with Crippen LogP contribution in [-0.4, -0.2) is 23.7 Å². The average molecular weight is 463 g/mol. The molecule has 2 aromatic carbocycles. The smallest absolute Gasteiger partial charge is 0.310 e. The molecule has 0 aliphatic carbocycles. The number of hydrogen-bond donors (Lipinski definition) is 1. The minimum Gasteiger partial charge on any atom is -0.374 e. The number of carbonyl (C=O) groups is 1. The van der Waals surface area contributed by atoms with Gasteiger partial charge in [-0.05, 0) is 40.2 Å². The molecule has 27 heavy (non-hydrogen) atoms. The number of hydrogen-bond acceptors (Lipinski definition) is 5. The standard InChI is InChI=1S/C16H8BrClF3N3O3/c17-10-4-12(23-6-13(20)21)15(24(26)27)9(5-22)14(10)16(25)8-3-7(19)1-2-11(8)18/h1-4,13,23H,6H2. The maximum Gasteiger partial charge on any atom is 0.310 e. The zero-order valence-electron chi connectivity index (χ0n) is 13.1. The zero-order chi connectivity index (χ0) is 20.3. The number of nitro groups is 1. The largest absolute Gasteiger partial charge is 0.374 e. The zero-order valence-corrected chi connectivity index (χ0v) is 15.4. The van der Waals surface area contributed by atoms with Crippen LogP contribution in [0.4, 0.5) is 24.5 Å². The van der Waals surface area contributed by atoms with Crippen LogP contribution < -0.4 is 5.32 Å². The maximum atomic E-state index is 13.5. The number of rotatable bonds is 6. The van der Waals surface area contributed by atoms with Crippen LogP contribution in [0.5, 0.6) is 0 Å². The summed E-state index contributed by atoms with van der Waals surface area (Å²) in [5.41, 5.74) is -2.63. The molecular formula is C16H8BrClF3N3O3. The first kappa shape index (κ1) is 20.7. The highest BCUT2D eigenvalue weighted by atomic mass is 79.9. The number of ketones is 1. The molecule has 0 saturated carbocycles. The Bertz CT molecular complexity index is 980. The number of anilines is 1. The lowest BCUT2D eigenvalue weighted by molar-refractivity contribution is -0.384. The van der Waals surface area contributed by atoms with E-state index in [9.17, 15) is 33.3 Å². The van der Waals surface area contributed by atoms with E-state index in [1.54, 1.807) is 6.07 Å². The topological polar surface area (TPSA) is 96.0 Å². The van der Waals surface area contributed by atoms with E-state index in [0.717, 1.165) is 24.3 Å². The minimum atomic E-state index is -2.80. The fraction of sp³-hybridized carbons (Fsp3) is 0.125. The average Bonchev–Trinajstić information content (AvgIpc) is 2.60. The summed E-state index contributed by atoms with van der Waals surface area (Å²) >= 11 is 8.90. The Labute approximate surface area is 163 Å². The molecule has 0 radical (unpaired) electrons. The quantitative estimate of drug-likeness (QED) is 0.373. The third-order valence-electron chi connectivity index (χ3n) is 3.39. The van der Waals surface area contributed by atoms with Gasteiger partial charge in [0.25, 0.3) is 6.43 Å². The van der Waals surface area contributed by atoms with Crippen molar-refractivity contribution in [3.63, 3.8) is 0 Å². The van der Waals surface area contributed by atoms with Gasteiger partial charge < -0.3 is 5.32 Å². The second-order valence-corrected chi connectivity index (χ2v) is 6.36. The summed E-state index contributed by atoms with van der Waals surface area (Å²) < 4.78 is 38.3. The summed E-state index contributed by atoms with van der Waals surface area (Å²) in [6.07, 6.45) is -2.80. The molecular weight excluding hydrogens is 455 g/mol. The van der Waals surface area contributed by atoms with Crippen molar-refractivity contribution < 1.29 is 22.9 Å². The van der Waals surface area contributed by atoms with E-state index < -0.39 is 46.3 Å². The molecule has 0 saturated heterocycles. The number of nitrogens with zero attached hydrogens (tertiary/aromatic N) is 2. The lowest BCUT2D eigenvalue weighted by Gasteiger charge is -2.13. The fourth-order valence-electron chi connectivity index (χ4n) is 2.29. The number of nitriles is 1. The van der Waals surface area contributed by atoms with Crippen LogP contribution in [0, 0.1) is 27.3 Å². The van der Waals surface area contributed by atoms with Crippen molar-refractivity contribution in [3.05, 3.63) is 66.4 Å². The summed E-state index contributed by atoms with van der Waals surface area (Å²) in [5.74, 6) is -1.71. The van der Waals surface area contributed by atoms with Gasteiger partial charge in [0.2, 0.25) is 0 Å². The van der Waals surface area contributed by atoms with Gasteiger partial charge in [0.15, 0.2) is 5.78 Å². The Kier molecular flexibility index (Phi) is 6.41. The maximum absolute atomic E-state index is 13.5. The van der Waals surface area contributed by atoms with Gasteiger partial charge in [-0.15, -0.1) is 0 Å². The Balaban J connectivity index is 2.72. The molecule has 0 aromatic heterocycles. The van der Waals surface area contributed by atoms with Crippen molar-refractivity contribution in [2.75, 3.05) is 11.9 Å². The van der Waals surface area contributed by atoms with E-state index in [4.69, 9.17) is 11.6 Å². The van der Waals surface area contributed by atoms with Crippen molar-refractivity contribution in [1.82, 2.24) is 0 Å². The van der Waals surface area contributed by atoms with E-state index in [2.05, 4.69) is 21.2 Å². The van der Waals surface area contributed by atoms with Crippen LogP contribution >= 0.6 is 27.5 Å². The molecule has 0 atom stereocenters. The van der Waals surface area contributed by atoms with Crippen LogP contribution in [0.15, 0.2) is 28.7 Å². The monoisotopic (exact) mass is 461 g/mol. The van der Waals surface area contributed by atoms with Gasteiger partial charge in [0.1, 0.15) is 23.1 Å². The lowest BCUT2D eigenvalue weighted by atomic mass is 9.96. The third-order valence-corrected chi connectivity index (χ3v) is 4.35. The first-order valence-corrected chi connectivity index (χ1v) is 8.27. The van der Waals surface area contributed by atoms with Gasteiger partial charge >= 0.3 is 5.69 Å². The van der Waals surface area contributed by atoms with Gasteiger partial charge in [-0.2, -0.15) is 5.26 Å². The summed E-state index contributed by atoms with van der Waals surface area (Å²) in [7, 11) is 0. The SMILES string of the molecule is N#Cc1c(C(=O)c2cc(F)ccc2Cl)c(Br)cc(NCC(F)F)c1[N+](=O)[O-]. The van der Waals surface area contributed by atoms with E-state index in [1.165, 1.54) is 0 Å². The predicted molar refractivity (Wildman–Crippen MR) is 94.8 cm³/mol. The fourth-order valence-corrected chi connectivity index (χ4v) is 3.10. The first-order valence-electron chi connectivity index (χ1n) is 7.10. The number of benzene rings is 2. The summed E-state index contributed by atoms with van der Waals surface area (Å²) in [6, 6.07) is 5.53. The molecule has 6 nitrogen and oxygen atoms in total. The molecule has 0 heterocycles. The van der Waals surface area contributed by atoms with Gasteiger partial charge in [-0.25, -0.2) is 13.2 Å². The van der Waals surface area contributed by atoms with Crippen LogP contribution in [-0.2, 0) is 0 Å². The highest BCUT2D eigenvalue weighted by Gasteiger charge is 2.30. The van der Waals surface area contributed by atoms with Crippen LogP contribution in [0.2, 0.25) is 5.02 Å². The number of nitrogens with one attached hydrogen (secondary N) is 1. The predicted octanol–water partition coefficient (Wildman–Crippen LogP) is 4.93. The molecule has 11 heteroatoms. The highest BCUT2D eigenvalue weighted by Crippen LogP contribution is 2.38. The normalized spacial score (nSPS) is 10.6. The lowest BCUT2D eigenvalue weighted by Crippen LogP contribution is -2.14. The second-order valence-electron chi connectivity index (χ2n) is 5.10. The first-order chi connectivity index (χ1) is 12.7. The summed E-state index contributed by atoms with van der Waals surface area (Å²) in [6.45, 7) is -0.902. The van der Waals surface area contributed by atoms with Gasteiger partial charge in [-0.3, -0.25) is 14.9 Å². The van der Waals surface area contributed by atoms with Gasteiger partial charge in [-0.1, -0.05) is 11.6 Å². The molecule has 140 valence electrons. The number of halogens is 5. The Hall–Kier alpha value is -2.64. The number of alkyl halides is 2. The Morgan fingerprint density at radius 2 is 2.07 bits per heavy atom. The molecule has 2 aromatic rings. The van der Waals surface area contributed by atoms with Crippen molar-refractivity contribution in [2.45, 2.75) is 6.43 Å². The minimum absolute atomic E-state index is 0.0771. The van der Waals surface area contributed by atoms with E-state index in [-0.39, 0.29) is 20.7 Å². The molecule has 0 aliphatic rings. The molecule has 0 fully saturated rings. The van der Waals surface area contributed by atoms with E-state index in [1.807, 2.05) is 0 Å². The van der Waals surface area contributed by atoms with Crippen molar-refractivity contribution >= 4 is 44.7 Å². The van der Waals surface area contributed by atoms with Gasteiger partial charge in [0.05, 0.1) is 22.1 Å². The summed E-state index contributed by atoms with van der Waals surface area (Å²) in [4.78, 5) is 23.2. The molecule has 0 amide bonds. The molecule has 2 rings (SSSR count). The Morgan fingerprint density at radius 3 is 2.63 bits per heavy atom. The van der Waals surface area contributed by atoms with Gasteiger partial charge in [0, 0.05) is 10.0 Å². The van der Waals surface area contributed by atoms with E-state index >= 15 is 0 Å². The van der Waals surface area contributed by atoms with Crippen LogP contribution in [0.25, 0.3) is 0 Å². The Morgan fingerprint density at radius 1 is 1.41 bits per heavy atom. The molecule has 0 aliphatic heterocycles. The highest BCUT2D eigenvalue weighted by molar-refractivity contribution is 9.10. The van der Waals surface area contributed by atoms with Crippen LogP contribution in [0.3, 0.4) is 0 Å². The molecule has 0 bridgehead atoms. The third kappa shape index (κ3) is 4.37. The summed E-state index contributed by atoms with van der Waals surface area (Å²) in [5, 5.41) is 22.8. The van der Waals surface area contributed by atoms with Crippen LogP contribution in [0.1, 0.15) is 21.5 Å².